The van der Waals surface area contributed by atoms with Crippen molar-refractivity contribution in [2.24, 2.45) is 0 Å². The monoisotopic (exact) mass is 872 g/mol. The highest BCUT2D eigenvalue weighted by Crippen LogP contribution is 2.41. The molecule has 12 aromatic rings. The summed E-state index contributed by atoms with van der Waals surface area (Å²) < 4.78 is 2.44. The minimum absolute atomic E-state index is 1.09. The maximum Gasteiger partial charge on any atom is 0.0541 e. The fourth-order valence-corrected chi connectivity index (χ4v) is 10.5. The average Bonchev–Trinajstić information content (AvgIpc) is 4.04. The van der Waals surface area contributed by atoms with Crippen molar-refractivity contribution < 1.29 is 0 Å². The van der Waals surface area contributed by atoms with Crippen molar-refractivity contribution in [3.05, 3.63) is 267 Å². The molecule has 0 saturated carbocycles. The fraction of sp³-hybridized carbons (Fsp3) is 0. The minimum atomic E-state index is 1.09. The van der Waals surface area contributed by atoms with Crippen molar-refractivity contribution in [3.63, 3.8) is 0 Å². The van der Waals surface area contributed by atoms with Crippen LogP contribution >= 0.6 is 11.3 Å². The predicted molar refractivity (Wildman–Crippen MR) is 286 cm³/mol. The van der Waals surface area contributed by atoms with Gasteiger partial charge in [-0.3, -0.25) is 0 Å². The van der Waals surface area contributed by atoms with Crippen LogP contribution in [0.1, 0.15) is 0 Å². The molecule has 0 aliphatic carbocycles. The highest BCUT2D eigenvalue weighted by molar-refractivity contribution is 7.18. The number of thiophene rings is 1. The molecule has 12 rings (SSSR count). The van der Waals surface area contributed by atoms with Crippen molar-refractivity contribution in [2.75, 3.05) is 4.90 Å². The van der Waals surface area contributed by atoms with Gasteiger partial charge in [0.05, 0.1) is 11.0 Å². The number of anilines is 3. The van der Waals surface area contributed by atoms with Crippen LogP contribution in [0.4, 0.5) is 17.1 Å². The van der Waals surface area contributed by atoms with Crippen molar-refractivity contribution in [2.45, 2.75) is 0 Å². The molecule has 2 nitrogen and oxygen atoms in total. The van der Waals surface area contributed by atoms with E-state index in [1.54, 1.807) is 0 Å². The van der Waals surface area contributed by atoms with Gasteiger partial charge < -0.3 is 9.47 Å². The Bertz CT molecular complexity index is 3550. The summed E-state index contributed by atoms with van der Waals surface area (Å²) in [5.74, 6) is 0. The standard InChI is InChI=1S/C64H44N2S/c1-5-14-45(15-6-1)48-24-32-55(33-25-48)65(56-34-26-49(27-35-56)46-16-7-2-8-17-46)57-36-28-50(29-37-57)53-31-39-62-60(44-53)59-43-52(47-18-9-3-10-19-47)30-38-61(59)66(62)58-23-13-22-54(42-58)64-41-40-63(67-64)51-20-11-4-12-21-51/h1-44H. The third kappa shape index (κ3) is 7.82. The summed E-state index contributed by atoms with van der Waals surface area (Å²) >= 11 is 1.84. The Balaban J connectivity index is 0.935. The van der Waals surface area contributed by atoms with Gasteiger partial charge in [0.15, 0.2) is 0 Å². The van der Waals surface area contributed by atoms with Crippen LogP contribution in [0.25, 0.3) is 92.9 Å². The van der Waals surface area contributed by atoms with E-state index in [4.69, 9.17) is 0 Å². The first-order valence-corrected chi connectivity index (χ1v) is 23.6. The molecule has 0 spiro atoms. The average molecular weight is 873 g/mol. The summed E-state index contributed by atoms with van der Waals surface area (Å²) in [6, 6.07) is 96.7. The first-order valence-electron chi connectivity index (χ1n) is 22.8. The zero-order chi connectivity index (χ0) is 44.5. The van der Waals surface area contributed by atoms with E-state index in [1.807, 2.05) is 11.3 Å². The van der Waals surface area contributed by atoms with E-state index in [2.05, 4.69) is 276 Å². The molecule has 0 radical (unpaired) electrons. The first-order chi connectivity index (χ1) is 33.2. The maximum atomic E-state index is 2.44. The zero-order valence-electron chi connectivity index (χ0n) is 36.7. The third-order valence-electron chi connectivity index (χ3n) is 12.8. The summed E-state index contributed by atoms with van der Waals surface area (Å²) in [5.41, 5.74) is 18.8. The van der Waals surface area contributed by atoms with Gasteiger partial charge in [-0.25, -0.2) is 0 Å². The van der Waals surface area contributed by atoms with Gasteiger partial charge in [0, 0.05) is 43.3 Å². The van der Waals surface area contributed by atoms with Gasteiger partial charge in [-0.1, -0.05) is 182 Å². The Morgan fingerprint density at radius 1 is 0.254 bits per heavy atom. The van der Waals surface area contributed by atoms with Crippen LogP contribution in [0.2, 0.25) is 0 Å². The lowest BCUT2D eigenvalue weighted by molar-refractivity contribution is 1.18. The summed E-state index contributed by atoms with van der Waals surface area (Å²) in [5, 5.41) is 2.45. The van der Waals surface area contributed by atoms with E-state index in [-0.39, 0.29) is 0 Å². The van der Waals surface area contributed by atoms with E-state index in [0.717, 1.165) is 22.7 Å². The van der Waals surface area contributed by atoms with Gasteiger partial charge in [-0.15, -0.1) is 11.3 Å². The van der Waals surface area contributed by atoms with Gasteiger partial charge in [0.2, 0.25) is 0 Å². The highest BCUT2D eigenvalue weighted by atomic mass is 32.1. The topological polar surface area (TPSA) is 8.17 Å². The van der Waals surface area contributed by atoms with Gasteiger partial charge in [0.1, 0.15) is 0 Å². The summed E-state index contributed by atoms with van der Waals surface area (Å²) in [6.45, 7) is 0. The molecule has 0 atom stereocenters. The molecule has 0 unspecified atom stereocenters. The van der Waals surface area contributed by atoms with Crippen LogP contribution < -0.4 is 4.90 Å². The number of nitrogens with zero attached hydrogens (tertiary/aromatic N) is 2. The number of aromatic nitrogens is 1. The zero-order valence-corrected chi connectivity index (χ0v) is 37.5. The molecule has 0 aliphatic rings. The van der Waals surface area contributed by atoms with Crippen LogP contribution in [0.5, 0.6) is 0 Å². The molecular weight excluding hydrogens is 829 g/mol. The Morgan fingerprint density at radius 3 is 1.04 bits per heavy atom. The van der Waals surface area contributed by atoms with Gasteiger partial charge in [-0.2, -0.15) is 0 Å². The fourth-order valence-electron chi connectivity index (χ4n) is 9.46. The second kappa shape index (κ2) is 17.5. The molecule has 2 aromatic heterocycles. The van der Waals surface area contributed by atoms with Crippen LogP contribution in [-0.4, -0.2) is 4.57 Å². The van der Waals surface area contributed by atoms with Gasteiger partial charge in [0.25, 0.3) is 0 Å². The Kier molecular flexibility index (Phi) is 10.4. The Labute approximate surface area is 395 Å². The Hall–Kier alpha value is -8.50. The number of benzene rings is 10. The number of fused-ring (bicyclic) bond motifs is 3. The molecule has 0 amide bonds. The molecule has 0 N–H and O–H groups in total. The highest BCUT2D eigenvalue weighted by Gasteiger charge is 2.18. The van der Waals surface area contributed by atoms with Gasteiger partial charge in [-0.05, 0) is 141 Å². The van der Waals surface area contributed by atoms with Crippen LogP contribution in [0.3, 0.4) is 0 Å². The molecule has 0 fully saturated rings. The van der Waals surface area contributed by atoms with Crippen molar-refractivity contribution in [1.29, 1.82) is 0 Å². The molecule has 3 heteroatoms. The molecule has 316 valence electrons. The molecule has 10 aromatic carbocycles. The minimum Gasteiger partial charge on any atom is -0.311 e. The van der Waals surface area contributed by atoms with Crippen LogP contribution in [0.15, 0.2) is 267 Å². The first kappa shape index (κ1) is 40.0. The van der Waals surface area contributed by atoms with Crippen LogP contribution in [0, 0.1) is 0 Å². The number of hydrogen-bond donors (Lipinski definition) is 0. The lowest BCUT2D eigenvalue weighted by Crippen LogP contribution is -2.09. The SMILES string of the molecule is c1ccc(-c2ccc(N(c3ccc(-c4ccccc4)cc3)c3ccc(-c4ccc5c(c4)c4cc(-c6ccccc6)ccc4n5-c4cccc(-c5ccc(-c6ccccc6)s5)c4)cc3)cc2)cc1. The summed E-state index contributed by atoms with van der Waals surface area (Å²) in [4.78, 5) is 4.88. The largest absolute Gasteiger partial charge is 0.311 e. The molecule has 2 heterocycles. The quantitative estimate of drug-likeness (QED) is 0.133. The molecule has 0 saturated heterocycles. The lowest BCUT2D eigenvalue weighted by atomic mass is 10.00. The van der Waals surface area contributed by atoms with E-state index in [9.17, 15) is 0 Å². The number of hydrogen-bond acceptors (Lipinski definition) is 2. The predicted octanol–water partition coefficient (Wildman–Crippen LogP) is 18.3. The van der Waals surface area contributed by atoms with E-state index in [1.165, 1.54) is 87.2 Å². The van der Waals surface area contributed by atoms with Crippen LogP contribution in [-0.2, 0) is 0 Å². The van der Waals surface area contributed by atoms with Gasteiger partial charge >= 0.3 is 0 Å². The summed E-state index contributed by atoms with van der Waals surface area (Å²) in [6.07, 6.45) is 0. The van der Waals surface area contributed by atoms with E-state index < -0.39 is 0 Å². The van der Waals surface area contributed by atoms with Crippen molar-refractivity contribution in [3.8, 4) is 71.1 Å². The second-order valence-electron chi connectivity index (χ2n) is 17.0. The van der Waals surface area contributed by atoms with E-state index >= 15 is 0 Å². The third-order valence-corrected chi connectivity index (χ3v) is 14.0. The Morgan fingerprint density at radius 2 is 0.597 bits per heavy atom. The molecular formula is C64H44N2S. The lowest BCUT2D eigenvalue weighted by Gasteiger charge is -2.26. The molecule has 67 heavy (non-hydrogen) atoms. The second-order valence-corrected chi connectivity index (χ2v) is 18.0. The normalized spacial score (nSPS) is 11.3. The summed E-state index contributed by atoms with van der Waals surface area (Å²) in [7, 11) is 0. The van der Waals surface area contributed by atoms with Crippen molar-refractivity contribution in [1.82, 2.24) is 4.57 Å². The molecule has 0 aliphatic heterocycles. The van der Waals surface area contributed by atoms with E-state index in [0.29, 0.717) is 0 Å². The molecule has 0 bridgehead atoms. The number of rotatable bonds is 10. The maximum absolute atomic E-state index is 2.44. The van der Waals surface area contributed by atoms with Crippen molar-refractivity contribution >= 4 is 50.2 Å². The smallest absolute Gasteiger partial charge is 0.0541 e.